The molecule has 1 fully saturated rings. The molecule has 0 saturated carbocycles. The summed E-state index contributed by atoms with van der Waals surface area (Å²) in [6, 6.07) is 5.43. The average molecular weight is 281 g/mol. The first-order valence-corrected chi connectivity index (χ1v) is 7.36. The van der Waals surface area contributed by atoms with Gasteiger partial charge < -0.3 is 10.6 Å². The normalized spacial score (nSPS) is 20.1. The summed E-state index contributed by atoms with van der Waals surface area (Å²) in [6.45, 7) is 2.98. The van der Waals surface area contributed by atoms with Crippen molar-refractivity contribution in [2.75, 3.05) is 12.3 Å². The van der Waals surface area contributed by atoms with E-state index in [1.165, 1.54) is 12.8 Å². The van der Waals surface area contributed by atoms with E-state index in [1.54, 1.807) is 18.2 Å². The first-order chi connectivity index (χ1) is 9.11. The fourth-order valence-electron chi connectivity index (χ4n) is 2.77. The molecule has 1 amide bonds. The fourth-order valence-corrected chi connectivity index (χ4v) is 3.01. The number of nitrogens with two attached hydrogens (primary N) is 1. The highest BCUT2D eigenvalue weighted by Crippen LogP contribution is 2.23. The lowest BCUT2D eigenvalue weighted by atomic mass is 10.1. The van der Waals surface area contributed by atoms with E-state index in [9.17, 15) is 4.79 Å². The minimum absolute atomic E-state index is 0.0583. The number of anilines is 1. The van der Waals surface area contributed by atoms with Gasteiger partial charge in [0.05, 0.1) is 0 Å². The van der Waals surface area contributed by atoms with Gasteiger partial charge in [0.25, 0.3) is 5.91 Å². The van der Waals surface area contributed by atoms with Gasteiger partial charge in [-0.2, -0.15) is 0 Å². The lowest BCUT2D eigenvalue weighted by Gasteiger charge is -2.29. The molecular formula is C15H21ClN2O. The number of nitrogen functional groups attached to an aromatic ring is 1. The smallest absolute Gasteiger partial charge is 0.254 e. The van der Waals surface area contributed by atoms with E-state index < -0.39 is 0 Å². The van der Waals surface area contributed by atoms with Crippen LogP contribution >= 0.6 is 11.6 Å². The van der Waals surface area contributed by atoms with Crippen molar-refractivity contribution in [1.29, 1.82) is 0 Å². The Bertz CT molecular complexity index is 441. The second kappa shape index (κ2) is 6.29. The number of benzene rings is 1. The van der Waals surface area contributed by atoms with Gasteiger partial charge >= 0.3 is 0 Å². The van der Waals surface area contributed by atoms with Crippen LogP contribution < -0.4 is 5.73 Å². The molecule has 0 spiro atoms. The highest BCUT2D eigenvalue weighted by atomic mass is 35.5. The maximum atomic E-state index is 12.6. The van der Waals surface area contributed by atoms with Gasteiger partial charge in [0, 0.05) is 28.9 Å². The maximum absolute atomic E-state index is 12.6. The van der Waals surface area contributed by atoms with Gasteiger partial charge in [-0.15, -0.1) is 0 Å². The summed E-state index contributed by atoms with van der Waals surface area (Å²) in [5.74, 6) is 0.0583. The quantitative estimate of drug-likeness (QED) is 0.839. The molecule has 0 aromatic heterocycles. The predicted octanol–water partition coefficient (Wildman–Crippen LogP) is 3.72. The van der Waals surface area contributed by atoms with Gasteiger partial charge in [-0.05, 0) is 37.5 Å². The molecule has 2 N–H and O–H groups in total. The average Bonchev–Trinajstić information content (AvgIpc) is 2.61. The summed E-state index contributed by atoms with van der Waals surface area (Å²) >= 11 is 5.98. The molecule has 0 bridgehead atoms. The maximum Gasteiger partial charge on any atom is 0.254 e. The van der Waals surface area contributed by atoms with Crippen molar-refractivity contribution in [1.82, 2.24) is 4.90 Å². The Labute approximate surface area is 119 Å². The molecule has 1 saturated heterocycles. The SMILES string of the molecule is CCC1CCCCCN1C(=O)c1cc(N)cc(Cl)c1. The molecule has 1 unspecified atom stereocenters. The molecule has 2 rings (SSSR count). The second-order valence-electron chi connectivity index (χ2n) is 5.18. The Morgan fingerprint density at radius 3 is 2.84 bits per heavy atom. The number of hydrogen-bond donors (Lipinski definition) is 1. The zero-order valence-corrected chi connectivity index (χ0v) is 12.1. The molecule has 1 aliphatic heterocycles. The van der Waals surface area contributed by atoms with E-state index in [0.717, 1.165) is 25.8 Å². The highest BCUT2D eigenvalue weighted by Gasteiger charge is 2.25. The van der Waals surface area contributed by atoms with Crippen LogP contribution in [0, 0.1) is 0 Å². The Hall–Kier alpha value is -1.22. The van der Waals surface area contributed by atoms with Crippen LogP contribution in [0.4, 0.5) is 5.69 Å². The Kier molecular flexibility index (Phi) is 4.70. The number of nitrogens with zero attached hydrogens (tertiary/aromatic N) is 1. The highest BCUT2D eigenvalue weighted by molar-refractivity contribution is 6.31. The molecule has 1 aliphatic rings. The first-order valence-electron chi connectivity index (χ1n) is 6.99. The molecule has 0 aliphatic carbocycles. The van der Waals surface area contributed by atoms with E-state index in [2.05, 4.69) is 6.92 Å². The summed E-state index contributed by atoms with van der Waals surface area (Å²) in [5, 5.41) is 0.520. The van der Waals surface area contributed by atoms with Gasteiger partial charge in [0.2, 0.25) is 0 Å². The van der Waals surface area contributed by atoms with Crippen LogP contribution in [0.15, 0.2) is 18.2 Å². The standard InChI is InChI=1S/C15H21ClN2O/c1-2-14-6-4-3-5-7-18(14)15(19)11-8-12(16)10-13(17)9-11/h8-10,14H,2-7,17H2,1H3. The minimum Gasteiger partial charge on any atom is -0.399 e. The number of amides is 1. The molecule has 1 atom stereocenters. The van der Waals surface area contributed by atoms with E-state index in [-0.39, 0.29) is 5.91 Å². The molecule has 104 valence electrons. The fraction of sp³-hybridized carbons (Fsp3) is 0.533. The lowest BCUT2D eigenvalue weighted by Crippen LogP contribution is -2.39. The van der Waals surface area contributed by atoms with Crippen LogP contribution in [0.3, 0.4) is 0 Å². The van der Waals surface area contributed by atoms with Crippen molar-refractivity contribution in [2.24, 2.45) is 0 Å². The largest absolute Gasteiger partial charge is 0.399 e. The molecule has 0 radical (unpaired) electrons. The van der Waals surface area contributed by atoms with Crippen molar-refractivity contribution < 1.29 is 4.79 Å². The third-order valence-corrected chi connectivity index (χ3v) is 3.99. The summed E-state index contributed by atoms with van der Waals surface area (Å²) in [6.07, 6.45) is 5.59. The van der Waals surface area contributed by atoms with Crippen molar-refractivity contribution in [2.45, 2.75) is 45.1 Å². The van der Waals surface area contributed by atoms with Crippen LogP contribution in [0.25, 0.3) is 0 Å². The lowest BCUT2D eigenvalue weighted by molar-refractivity contribution is 0.0678. The van der Waals surface area contributed by atoms with Crippen LogP contribution in [0.1, 0.15) is 49.4 Å². The van der Waals surface area contributed by atoms with Crippen LogP contribution in [0.2, 0.25) is 5.02 Å². The topological polar surface area (TPSA) is 46.3 Å². The predicted molar refractivity (Wildman–Crippen MR) is 79.4 cm³/mol. The summed E-state index contributed by atoms with van der Waals surface area (Å²) in [5.41, 5.74) is 6.91. The Morgan fingerprint density at radius 2 is 2.16 bits per heavy atom. The minimum atomic E-state index is 0.0583. The van der Waals surface area contributed by atoms with Crippen molar-refractivity contribution in [3.63, 3.8) is 0 Å². The van der Waals surface area contributed by atoms with Gasteiger partial charge in [-0.1, -0.05) is 31.4 Å². The zero-order chi connectivity index (χ0) is 13.8. The van der Waals surface area contributed by atoms with Gasteiger partial charge in [-0.3, -0.25) is 4.79 Å². The van der Waals surface area contributed by atoms with Crippen molar-refractivity contribution >= 4 is 23.2 Å². The van der Waals surface area contributed by atoms with E-state index in [4.69, 9.17) is 17.3 Å². The van der Waals surface area contributed by atoms with Crippen LogP contribution in [0.5, 0.6) is 0 Å². The molecule has 1 heterocycles. The molecule has 1 aromatic carbocycles. The number of likely N-dealkylation sites (tertiary alicyclic amines) is 1. The number of hydrogen-bond acceptors (Lipinski definition) is 2. The van der Waals surface area contributed by atoms with Crippen LogP contribution in [-0.2, 0) is 0 Å². The third kappa shape index (κ3) is 3.41. The second-order valence-corrected chi connectivity index (χ2v) is 5.62. The monoisotopic (exact) mass is 280 g/mol. The summed E-state index contributed by atoms with van der Waals surface area (Å²) in [7, 11) is 0. The molecular weight excluding hydrogens is 260 g/mol. The third-order valence-electron chi connectivity index (χ3n) is 3.78. The molecule has 1 aromatic rings. The van der Waals surface area contributed by atoms with E-state index in [0.29, 0.717) is 22.3 Å². The van der Waals surface area contributed by atoms with E-state index >= 15 is 0 Å². The molecule has 19 heavy (non-hydrogen) atoms. The van der Waals surface area contributed by atoms with Gasteiger partial charge in [-0.25, -0.2) is 0 Å². The van der Waals surface area contributed by atoms with Gasteiger partial charge in [0.1, 0.15) is 0 Å². The summed E-state index contributed by atoms with van der Waals surface area (Å²) < 4.78 is 0. The number of rotatable bonds is 2. The molecule has 4 heteroatoms. The Morgan fingerprint density at radius 1 is 1.37 bits per heavy atom. The van der Waals surface area contributed by atoms with Gasteiger partial charge in [0.15, 0.2) is 0 Å². The van der Waals surface area contributed by atoms with Crippen LogP contribution in [-0.4, -0.2) is 23.4 Å². The first kappa shape index (κ1) is 14.2. The van der Waals surface area contributed by atoms with Crippen molar-refractivity contribution in [3.8, 4) is 0 Å². The Balaban J connectivity index is 2.25. The number of halogens is 1. The molecule has 3 nitrogen and oxygen atoms in total. The number of carbonyl (C=O) groups excluding carboxylic acids is 1. The number of carbonyl (C=O) groups is 1. The van der Waals surface area contributed by atoms with Crippen molar-refractivity contribution in [3.05, 3.63) is 28.8 Å². The van der Waals surface area contributed by atoms with E-state index in [1.807, 2.05) is 4.90 Å². The summed E-state index contributed by atoms with van der Waals surface area (Å²) in [4.78, 5) is 14.6. The zero-order valence-electron chi connectivity index (χ0n) is 11.4.